The zero-order chi connectivity index (χ0) is 30.5. The van der Waals surface area contributed by atoms with Gasteiger partial charge in [-0.05, 0) is 140 Å². The van der Waals surface area contributed by atoms with E-state index >= 15 is 0 Å². The van der Waals surface area contributed by atoms with Crippen LogP contribution in [0.15, 0.2) is 46.5 Å². The van der Waals surface area contributed by atoms with Crippen LogP contribution in [-0.4, -0.2) is 18.9 Å². The number of allylic oxidation sites excluding steroid dienone is 2. The first-order valence-corrected chi connectivity index (χ1v) is 17.2. The largest absolute Gasteiger partial charge is 0.469 e. The minimum atomic E-state index is -0.379. The Morgan fingerprint density at radius 1 is 0.929 bits per heavy atom. The quantitative estimate of drug-likeness (QED) is 0.189. The molecule has 0 heterocycles. The topological polar surface area (TPSA) is 43.4 Å². The third-order valence-electron chi connectivity index (χ3n) is 14.5. The summed E-state index contributed by atoms with van der Waals surface area (Å²) in [5, 5.41) is 0. The van der Waals surface area contributed by atoms with Crippen molar-refractivity contribution in [3.05, 3.63) is 52.0 Å². The average Bonchev–Trinajstić information content (AvgIpc) is 3.34. The summed E-state index contributed by atoms with van der Waals surface area (Å²) in [5.41, 5.74) is 2.98. The SMILES string of the molecule is C=C(C)[C@@H]1CC[C@]2(C(=O)OC)CC[C@]3(C)[C@H](CC[C@@H]4[C@@]5(C)C/C(=C\c6ccc(Br)cc6)C(=O)C(C)(C)[C@@H]5CC[C@]43C)[C@H]12. The second-order valence-electron chi connectivity index (χ2n) is 16.3. The molecule has 9 atom stereocenters. The lowest BCUT2D eigenvalue weighted by molar-refractivity contribution is -0.232. The number of Topliss-reactive ketones (excluding diaryl/α,β-unsaturated/α-hetero) is 1. The lowest BCUT2D eigenvalue weighted by Crippen LogP contribution is -2.67. The fourth-order valence-electron chi connectivity index (χ4n) is 12.4. The van der Waals surface area contributed by atoms with Gasteiger partial charge in [0, 0.05) is 9.89 Å². The number of esters is 1. The Morgan fingerprint density at radius 3 is 2.26 bits per heavy atom. The number of methoxy groups -OCH3 is 1. The first-order valence-electron chi connectivity index (χ1n) is 16.4. The van der Waals surface area contributed by atoms with E-state index in [0.717, 1.165) is 60.6 Å². The van der Waals surface area contributed by atoms with Crippen LogP contribution in [0, 0.1) is 56.7 Å². The lowest BCUT2D eigenvalue weighted by Gasteiger charge is -2.72. The molecule has 0 radical (unpaired) electrons. The second kappa shape index (κ2) is 9.91. The van der Waals surface area contributed by atoms with Crippen LogP contribution in [0.4, 0.5) is 0 Å². The van der Waals surface area contributed by atoms with E-state index in [0.29, 0.717) is 35.4 Å². The highest BCUT2D eigenvalue weighted by atomic mass is 79.9. The zero-order valence-corrected chi connectivity index (χ0v) is 28.5. The molecule has 228 valence electrons. The Kier molecular flexibility index (Phi) is 7.16. The molecule has 42 heavy (non-hydrogen) atoms. The highest BCUT2D eigenvalue weighted by Crippen LogP contribution is 2.77. The van der Waals surface area contributed by atoms with E-state index in [1.165, 1.54) is 18.4 Å². The van der Waals surface area contributed by atoms with Crippen molar-refractivity contribution in [3.63, 3.8) is 0 Å². The molecule has 6 rings (SSSR count). The third-order valence-corrected chi connectivity index (χ3v) is 15.0. The summed E-state index contributed by atoms with van der Waals surface area (Å²) in [6.45, 7) is 18.8. The fraction of sp³-hybridized carbons (Fsp3) is 0.684. The first-order chi connectivity index (χ1) is 19.7. The number of rotatable bonds is 3. The van der Waals surface area contributed by atoms with E-state index in [2.05, 4.69) is 94.4 Å². The molecule has 0 unspecified atom stereocenters. The molecule has 4 heteroatoms. The van der Waals surface area contributed by atoms with Gasteiger partial charge >= 0.3 is 5.97 Å². The van der Waals surface area contributed by atoms with Crippen molar-refractivity contribution >= 4 is 33.8 Å². The second-order valence-corrected chi connectivity index (χ2v) is 17.2. The molecule has 0 spiro atoms. The number of hydrogen-bond donors (Lipinski definition) is 0. The number of benzene rings is 1. The number of fused-ring (bicyclic) bond motifs is 7. The minimum Gasteiger partial charge on any atom is -0.469 e. The number of carbonyl (C=O) groups is 2. The Labute approximate surface area is 262 Å². The van der Waals surface area contributed by atoms with Gasteiger partial charge < -0.3 is 4.74 Å². The number of ether oxygens (including phenoxy) is 1. The standard InChI is InChI=1S/C38H51BrO3/c1-23(2)27-15-18-38(33(41)42-8)20-19-36(6)28(31(27)38)13-14-30-35(5)22-25(21-24-9-11-26(39)12-10-24)32(40)34(3,4)29(35)16-17-37(30,36)7/h9-12,21,27-31H,1,13-20,22H2,2-8H3/b25-21+/t27-,28+,29-,30+,31-,35-,36+,37+,38-/m0/s1. The third kappa shape index (κ3) is 3.94. The Balaban J connectivity index is 1.41. The number of halogens is 1. The van der Waals surface area contributed by atoms with E-state index in [4.69, 9.17) is 4.74 Å². The van der Waals surface area contributed by atoms with Crippen molar-refractivity contribution in [2.24, 2.45) is 56.7 Å². The summed E-state index contributed by atoms with van der Waals surface area (Å²) in [5.74, 6) is 2.50. The van der Waals surface area contributed by atoms with Gasteiger partial charge in [0.1, 0.15) is 0 Å². The monoisotopic (exact) mass is 634 g/mol. The van der Waals surface area contributed by atoms with Crippen LogP contribution in [0.25, 0.3) is 6.08 Å². The van der Waals surface area contributed by atoms with Gasteiger partial charge in [-0.3, -0.25) is 9.59 Å². The Bertz CT molecular complexity index is 1340. The van der Waals surface area contributed by atoms with Crippen LogP contribution >= 0.6 is 15.9 Å². The van der Waals surface area contributed by atoms with Gasteiger partial charge in [-0.25, -0.2) is 0 Å². The van der Waals surface area contributed by atoms with Gasteiger partial charge in [0.2, 0.25) is 0 Å². The van der Waals surface area contributed by atoms with Crippen molar-refractivity contribution in [1.29, 1.82) is 0 Å². The van der Waals surface area contributed by atoms with E-state index in [1.807, 2.05) is 0 Å². The molecule has 3 nitrogen and oxygen atoms in total. The van der Waals surface area contributed by atoms with Crippen molar-refractivity contribution in [2.75, 3.05) is 7.11 Å². The summed E-state index contributed by atoms with van der Waals surface area (Å²) >= 11 is 3.56. The van der Waals surface area contributed by atoms with Crippen LogP contribution in [-0.2, 0) is 14.3 Å². The van der Waals surface area contributed by atoms with Crippen molar-refractivity contribution < 1.29 is 14.3 Å². The van der Waals surface area contributed by atoms with Crippen LogP contribution in [0.3, 0.4) is 0 Å². The van der Waals surface area contributed by atoms with Crippen molar-refractivity contribution in [3.8, 4) is 0 Å². The van der Waals surface area contributed by atoms with Gasteiger partial charge in [-0.15, -0.1) is 0 Å². The zero-order valence-electron chi connectivity index (χ0n) is 26.9. The molecule has 5 aliphatic carbocycles. The summed E-state index contributed by atoms with van der Waals surface area (Å²) in [4.78, 5) is 27.6. The molecule has 0 N–H and O–H groups in total. The van der Waals surface area contributed by atoms with Crippen LogP contribution in [0.1, 0.15) is 105 Å². The van der Waals surface area contributed by atoms with Gasteiger partial charge in [-0.2, -0.15) is 0 Å². The minimum absolute atomic E-state index is 0.0245. The van der Waals surface area contributed by atoms with E-state index < -0.39 is 0 Å². The lowest BCUT2D eigenvalue weighted by atomic mass is 9.32. The Hall–Kier alpha value is -1.68. The molecule has 1 aromatic carbocycles. The molecule has 5 fully saturated rings. The molecular formula is C38H51BrO3. The number of carbonyl (C=O) groups excluding carboxylic acids is 2. The molecular weight excluding hydrogens is 584 g/mol. The highest BCUT2D eigenvalue weighted by Gasteiger charge is 2.72. The maximum atomic E-state index is 14.1. The molecule has 0 amide bonds. The van der Waals surface area contributed by atoms with Gasteiger partial charge in [0.05, 0.1) is 12.5 Å². The van der Waals surface area contributed by atoms with Crippen LogP contribution < -0.4 is 0 Å². The summed E-state index contributed by atoms with van der Waals surface area (Å²) in [7, 11) is 1.59. The normalized spacial score (nSPS) is 44.9. The molecule has 0 bridgehead atoms. The van der Waals surface area contributed by atoms with Crippen molar-refractivity contribution in [1.82, 2.24) is 0 Å². The highest BCUT2D eigenvalue weighted by molar-refractivity contribution is 9.10. The average molecular weight is 636 g/mol. The molecule has 0 aliphatic heterocycles. The maximum Gasteiger partial charge on any atom is 0.312 e. The Morgan fingerprint density at radius 2 is 1.62 bits per heavy atom. The summed E-state index contributed by atoms with van der Waals surface area (Å²) in [6, 6.07) is 8.35. The van der Waals surface area contributed by atoms with Crippen LogP contribution in [0.2, 0.25) is 0 Å². The van der Waals surface area contributed by atoms with Gasteiger partial charge in [0.25, 0.3) is 0 Å². The van der Waals surface area contributed by atoms with E-state index in [-0.39, 0.29) is 33.0 Å². The van der Waals surface area contributed by atoms with Crippen LogP contribution in [0.5, 0.6) is 0 Å². The van der Waals surface area contributed by atoms with E-state index in [9.17, 15) is 9.59 Å². The predicted molar refractivity (Wildman–Crippen MR) is 173 cm³/mol. The summed E-state index contributed by atoms with van der Waals surface area (Å²) < 4.78 is 6.60. The number of ketones is 1. The maximum absolute atomic E-state index is 14.1. The predicted octanol–water partition coefficient (Wildman–Crippen LogP) is 9.84. The van der Waals surface area contributed by atoms with Gasteiger partial charge in [-0.1, -0.05) is 74.8 Å². The molecule has 5 aliphatic rings. The molecule has 5 saturated carbocycles. The molecule has 0 aromatic heterocycles. The molecule has 0 saturated heterocycles. The molecule has 1 aromatic rings. The van der Waals surface area contributed by atoms with Gasteiger partial charge in [0.15, 0.2) is 5.78 Å². The van der Waals surface area contributed by atoms with Crippen molar-refractivity contribution in [2.45, 2.75) is 99.3 Å². The number of hydrogen-bond acceptors (Lipinski definition) is 3. The summed E-state index contributed by atoms with van der Waals surface area (Å²) in [6.07, 6.45) is 11.7. The fourth-order valence-corrected chi connectivity index (χ4v) is 12.7. The van der Waals surface area contributed by atoms with E-state index in [1.54, 1.807) is 7.11 Å². The first kappa shape index (κ1) is 30.4. The smallest absolute Gasteiger partial charge is 0.312 e.